The van der Waals surface area contributed by atoms with Crippen LogP contribution in [0.5, 0.6) is 0 Å². The number of carbonyl (C=O) groups excluding carboxylic acids is 1. The van der Waals surface area contributed by atoms with Crippen LogP contribution in [0.2, 0.25) is 0 Å². The zero-order valence-electron chi connectivity index (χ0n) is 21.5. The minimum absolute atomic E-state index is 0.153. The van der Waals surface area contributed by atoms with Gasteiger partial charge in [-0.15, -0.1) is 0 Å². The molecule has 0 bridgehead atoms. The Kier molecular flexibility index (Phi) is 6.08. The van der Waals surface area contributed by atoms with E-state index in [2.05, 4.69) is 48.1 Å². The lowest BCUT2D eigenvalue weighted by atomic mass is 9.77. The number of aryl methyl sites for hydroxylation is 1. The zero-order valence-corrected chi connectivity index (χ0v) is 21.5. The average Bonchev–Trinajstić information content (AvgIpc) is 3.26. The number of hydrogen-bond acceptors (Lipinski definition) is 4. The number of amides is 1. The van der Waals surface area contributed by atoms with E-state index in [-0.39, 0.29) is 5.91 Å². The number of anilines is 1. The molecular formula is C30H37N5O. The Balaban J connectivity index is 1.27. The van der Waals surface area contributed by atoms with Crippen molar-refractivity contribution in [3.05, 3.63) is 70.0 Å². The number of H-pyrrole nitrogens is 1. The molecule has 36 heavy (non-hydrogen) atoms. The van der Waals surface area contributed by atoms with Gasteiger partial charge in [-0.2, -0.15) is 0 Å². The van der Waals surface area contributed by atoms with Crippen LogP contribution >= 0.6 is 0 Å². The second-order valence-corrected chi connectivity index (χ2v) is 11.1. The van der Waals surface area contributed by atoms with Crippen molar-refractivity contribution in [3.8, 4) is 11.4 Å². The molecule has 1 amide bonds. The van der Waals surface area contributed by atoms with E-state index in [0.717, 1.165) is 73.6 Å². The summed E-state index contributed by atoms with van der Waals surface area (Å²) in [6, 6.07) is 12.6. The molecule has 0 spiro atoms. The number of nitrogens with zero attached hydrogens (tertiary/aromatic N) is 3. The molecule has 188 valence electrons. The van der Waals surface area contributed by atoms with Crippen LogP contribution in [0, 0.1) is 6.92 Å². The fourth-order valence-electron chi connectivity index (χ4n) is 6.13. The number of imidazole rings is 1. The molecule has 3 N–H and O–H groups in total. The first kappa shape index (κ1) is 23.3. The number of aromatic nitrogens is 2. The largest absolute Gasteiger partial charge is 0.399 e. The molecule has 1 saturated heterocycles. The van der Waals surface area contributed by atoms with Gasteiger partial charge in [-0.25, -0.2) is 4.98 Å². The zero-order chi connectivity index (χ0) is 24.8. The van der Waals surface area contributed by atoms with E-state index in [0.29, 0.717) is 11.8 Å². The molecule has 6 nitrogen and oxygen atoms in total. The lowest BCUT2D eigenvalue weighted by molar-refractivity contribution is 0.0712. The van der Waals surface area contributed by atoms with Gasteiger partial charge in [-0.1, -0.05) is 24.6 Å². The van der Waals surface area contributed by atoms with E-state index >= 15 is 0 Å². The number of nitrogen functional groups attached to an aromatic ring is 1. The van der Waals surface area contributed by atoms with Crippen LogP contribution in [0.1, 0.15) is 82.4 Å². The summed E-state index contributed by atoms with van der Waals surface area (Å²) in [7, 11) is 2.16. The van der Waals surface area contributed by atoms with E-state index in [9.17, 15) is 4.79 Å². The number of likely N-dealkylation sites (tertiary alicyclic amines) is 1. The lowest BCUT2D eigenvalue weighted by Gasteiger charge is -2.33. The molecule has 0 atom stereocenters. The number of fused-ring (bicyclic) bond motifs is 1. The minimum Gasteiger partial charge on any atom is -0.399 e. The molecule has 3 heterocycles. The highest BCUT2D eigenvalue weighted by atomic mass is 16.2. The van der Waals surface area contributed by atoms with Crippen molar-refractivity contribution in [1.29, 1.82) is 0 Å². The van der Waals surface area contributed by atoms with Crippen LogP contribution in [0.15, 0.2) is 36.4 Å². The fourth-order valence-corrected chi connectivity index (χ4v) is 6.13. The Hall–Kier alpha value is -3.12. The van der Waals surface area contributed by atoms with Crippen LogP contribution < -0.4 is 5.73 Å². The third-order valence-electron chi connectivity index (χ3n) is 8.64. The predicted octanol–water partition coefficient (Wildman–Crippen LogP) is 5.24. The Morgan fingerprint density at radius 3 is 2.47 bits per heavy atom. The van der Waals surface area contributed by atoms with Crippen LogP contribution in [-0.2, 0) is 13.0 Å². The van der Waals surface area contributed by atoms with Gasteiger partial charge in [-0.05, 0) is 86.4 Å². The monoisotopic (exact) mass is 483 g/mol. The molecule has 6 heteroatoms. The summed E-state index contributed by atoms with van der Waals surface area (Å²) >= 11 is 0. The molecule has 1 aromatic heterocycles. The SMILES string of the molecule is Cc1cc(C2CCC2)c(-c2nc3c([nH]2)CN(C)CC3)cc1C(=O)N1CCC(c2ccc(N)cc2)CC1. The van der Waals surface area contributed by atoms with E-state index < -0.39 is 0 Å². The first-order valence-electron chi connectivity index (χ1n) is 13.5. The smallest absolute Gasteiger partial charge is 0.254 e. The highest BCUT2D eigenvalue weighted by molar-refractivity contribution is 5.97. The topological polar surface area (TPSA) is 78.2 Å². The summed E-state index contributed by atoms with van der Waals surface area (Å²) < 4.78 is 0. The molecule has 2 aromatic carbocycles. The number of likely N-dealkylation sites (N-methyl/N-ethyl adjacent to an activating group) is 1. The predicted molar refractivity (Wildman–Crippen MR) is 144 cm³/mol. The van der Waals surface area contributed by atoms with Crippen LogP contribution in [0.3, 0.4) is 0 Å². The summed E-state index contributed by atoms with van der Waals surface area (Å²) in [5.74, 6) is 2.15. The quantitative estimate of drug-likeness (QED) is 0.497. The summed E-state index contributed by atoms with van der Waals surface area (Å²) in [6.07, 6.45) is 6.68. The van der Waals surface area contributed by atoms with Gasteiger partial charge in [0.25, 0.3) is 5.91 Å². The van der Waals surface area contributed by atoms with Crippen molar-refractivity contribution in [3.63, 3.8) is 0 Å². The van der Waals surface area contributed by atoms with Crippen molar-refractivity contribution in [2.24, 2.45) is 0 Å². The molecule has 6 rings (SSSR count). The van der Waals surface area contributed by atoms with Gasteiger partial charge in [0.2, 0.25) is 0 Å². The molecule has 1 saturated carbocycles. The van der Waals surface area contributed by atoms with Gasteiger partial charge >= 0.3 is 0 Å². The number of nitrogens with two attached hydrogens (primary N) is 1. The molecule has 2 aliphatic heterocycles. The number of hydrogen-bond donors (Lipinski definition) is 2. The molecule has 1 aliphatic carbocycles. The van der Waals surface area contributed by atoms with Crippen molar-refractivity contribution in [2.45, 2.75) is 63.8 Å². The van der Waals surface area contributed by atoms with Crippen molar-refractivity contribution < 1.29 is 4.79 Å². The first-order valence-corrected chi connectivity index (χ1v) is 13.5. The second kappa shape index (κ2) is 9.40. The maximum Gasteiger partial charge on any atom is 0.254 e. The third kappa shape index (κ3) is 4.32. The Morgan fingerprint density at radius 2 is 1.78 bits per heavy atom. The summed E-state index contributed by atoms with van der Waals surface area (Å²) in [5, 5.41) is 0. The van der Waals surface area contributed by atoms with E-state index in [4.69, 9.17) is 10.7 Å². The third-order valence-corrected chi connectivity index (χ3v) is 8.64. The second-order valence-electron chi connectivity index (χ2n) is 11.1. The minimum atomic E-state index is 0.153. The Bertz CT molecular complexity index is 1270. The standard InChI is InChI=1S/C30H37N5O/c1-19-16-25(22-4-3-5-22)26(29-32-27-12-13-34(2)18-28(27)33-29)17-24(19)30(36)35-14-10-21(11-15-35)20-6-8-23(31)9-7-20/h6-9,16-17,21-22H,3-5,10-15,18,31H2,1-2H3,(H,32,33). The van der Waals surface area contributed by atoms with Gasteiger partial charge < -0.3 is 20.5 Å². The number of nitrogens with one attached hydrogen (secondary N) is 1. The maximum absolute atomic E-state index is 13.8. The molecule has 2 fully saturated rings. The van der Waals surface area contributed by atoms with E-state index in [1.807, 2.05) is 17.0 Å². The number of piperidine rings is 1. The number of carbonyl (C=O) groups is 1. The number of rotatable bonds is 4. The number of benzene rings is 2. The maximum atomic E-state index is 13.8. The normalized spacial score (nSPS) is 19.2. The Morgan fingerprint density at radius 1 is 1.03 bits per heavy atom. The molecule has 3 aromatic rings. The van der Waals surface area contributed by atoms with Gasteiger partial charge in [0.05, 0.1) is 11.4 Å². The van der Waals surface area contributed by atoms with Crippen LogP contribution in [0.25, 0.3) is 11.4 Å². The Labute approximate surface area is 213 Å². The molecule has 0 unspecified atom stereocenters. The van der Waals surface area contributed by atoms with Crippen LogP contribution in [0.4, 0.5) is 5.69 Å². The van der Waals surface area contributed by atoms with Gasteiger partial charge in [0.1, 0.15) is 5.82 Å². The molecular weight excluding hydrogens is 446 g/mol. The number of aromatic amines is 1. The summed E-state index contributed by atoms with van der Waals surface area (Å²) in [4.78, 5) is 26.8. The molecule has 0 radical (unpaired) electrons. The van der Waals surface area contributed by atoms with E-state index in [1.165, 1.54) is 41.8 Å². The van der Waals surface area contributed by atoms with Crippen LogP contribution in [-0.4, -0.2) is 52.4 Å². The fraction of sp³-hybridized carbons (Fsp3) is 0.467. The van der Waals surface area contributed by atoms with Gasteiger partial charge in [-0.3, -0.25) is 4.79 Å². The summed E-state index contributed by atoms with van der Waals surface area (Å²) in [5.41, 5.74) is 14.8. The highest BCUT2D eigenvalue weighted by Crippen LogP contribution is 2.42. The van der Waals surface area contributed by atoms with Gasteiger partial charge in [0.15, 0.2) is 0 Å². The van der Waals surface area contributed by atoms with E-state index in [1.54, 1.807) is 0 Å². The summed E-state index contributed by atoms with van der Waals surface area (Å²) in [6.45, 7) is 5.61. The lowest BCUT2D eigenvalue weighted by Crippen LogP contribution is -2.38. The average molecular weight is 484 g/mol. The van der Waals surface area contributed by atoms with Crippen molar-refractivity contribution in [1.82, 2.24) is 19.8 Å². The van der Waals surface area contributed by atoms with Crippen molar-refractivity contribution >= 4 is 11.6 Å². The van der Waals surface area contributed by atoms with Crippen molar-refractivity contribution in [2.75, 3.05) is 32.4 Å². The van der Waals surface area contributed by atoms with Gasteiger partial charge in [0, 0.05) is 49.4 Å². The first-order chi connectivity index (χ1) is 17.5. The molecule has 3 aliphatic rings. The highest BCUT2D eigenvalue weighted by Gasteiger charge is 2.30.